The van der Waals surface area contributed by atoms with Gasteiger partial charge >= 0.3 is 5.97 Å². The van der Waals surface area contributed by atoms with Gasteiger partial charge in [-0.05, 0) is 44.7 Å². The van der Waals surface area contributed by atoms with E-state index in [-0.39, 0.29) is 5.69 Å². The second kappa shape index (κ2) is 7.55. The number of carboxylic acids is 1. The lowest BCUT2D eigenvalue weighted by Crippen LogP contribution is -2.40. The molecule has 2 heterocycles. The fraction of sp³-hybridized carbons (Fsp3) is 0.500. The van der Waals surface area contributed by atoms with Crippen LogP contribution in [0.25, 0.3) is 5.69 Å². The second-order valence-electron chi connectivity index (χ2n) is 6.12. The number of anilines is 1. The lowest BCUT2D eigenvalue weighted by Gasteiger charge is -2.35. The number of hydrogen-bond acceptors (Lipinski definition) is 5. The first-order chi connectivity index (χ1) is 12.2. The van der Waals surface area contributed by atoms with Crippen LogP contribution in [0.5, 0.6) is 5.75 Å². The third-order valence-corrected chi connectivity index (χ3v) is 4.55. The highest BCUT2D eigenvalue weighted by Crippen LogP contribution is 2.29. The van der Waals surface area contributed by atoms with Gasteiger partial charge in [0, 0.05) is 12.6 Å². The molecule has 134 valence electrons. The number of benzene rings is 1. The van der Waals surface area contributed by atoms with Gasteiger partial charge in [0.05, 0.1) is 6.61 Å². The Balaban J connectivity index is 2.05. The molecule has 1 aliphatic rings. The number of piperidine rings is 1. The van der Waals surface area contributed by atoms with E-state index in [4.69, 9.17) is 4.74 Å². The minimum Gasteiger partial charge on any atom is -0.492 e. The van der Waals surface area contributed by atoms with E-state index in [9.17, 15) is 9.90 Å². The summed E-state index contributed by atoms with van der Waals surface area (Å²) in [6, 6.07) is 7.69. The highest BCUT2D eigenvalue weighted by Gasteiger charge is 2.30. The number of hydrogen-bond donors (Lipinski definition) is 1. The van der Waals surface area contributed by atoms with Gasteiger partial charge in [-0.2, -0.15) is 0 Å². The van der Waals surface area contributed by atoms with Gasteiger partial charge in [0.1, 0.15) is 11.4 Å². The van der Waals surface area contributed by atoms with Gasteiger partial charge in [-0.15, -0.1) is 15.0 Å². The molecule has 1 aromatic carbocycles. The molecular formula is C18H24N4O3. The van der Waals surface area contributed by atoms with Crippen molar-refractivity contribution in [3.8, 4) is 11.4 Å². The molecule has 0 radical (unpaired) electrons. The van der Waals surface area contributed by atoms with Crippen molar-refractivity contribution in [3.63, 3.8) is 0 Å². The molecule has 1 unspecified atom stereocenters. The van der Waals surface area contributed by atoms with Gasteiger partial charge < -0.3 is 14.7 Å². The van der Waals surface area contributed by atoms with Crippen LogP contribution in [0.15, 0.2) is 24.3 Å². The summed E-state index contributed by atoms with van der Waals surface area (Å²) in [5.41, 5.74) is 0.634. The zero-order chi connectivity index (χ0) is 17.8. The first kappa shape index (κ1) is 17.3. The first-order valence-electron chi connectivity index (χ1n) is 8.85. The number of carbonyl (C=O) groups is 1. The Labute approximate surface area is 147 Å². The van der Waals surface area contributed by atoms with E-state index >= 15 is 0 Å². The van der Waals surface area contributed by atoms with Crippen molar-refractivity contribution in [2.75, 3.05) is 18.1 Å². The number of aromatic nitrogens is 3. The van der Waals surface area contributed by atoms with Crippen LogP contribution in [-0.2, 0) is 0 Å². The molecule has 0 amide bonds. The summed E-state index contributed by atoms with van der Waals surface area (Å²) in [5.74, 6) is 0.0232. The maximum Gasteiger partial charge on any atom is 0.360 e. The van der Waals surface area contributed by atoms with Crippen molar-refractivity contribution in [2.45, 2.75) is 45.6 Å². The van der Waals surface area contributed by atoms with Crippen LogP contribution in [0.4, 0.5) is 5.82 Å². The van der Waals surface area contributed by atoms with Crippen LogP contribution in [0.3, 0.4) is 0 Å². The van der Waals surface area contributed by atoms with Crippen LogP contribution >= 0.6 is 0 Å². The Hall–Kier alpha value is -2.57. The summed E-state index contributed by atoms with van der Waals surface area (Å²) in [7, 11) is 0. The van der Waals surface area contributed by atoms with Crippen LogP contribution in [-0.4, -0.2) is 45.3 Å². The van der Waals surface area contributed by atoms with Crippen molar-refractivity contribution >= 4 is 11.8 Å². The SMILES string of the molecule is CCOc1ccccc1-n1nc(C(=O)O)c(N2CCCCC2CC)n1. The van der Waals surface area contributed by atoms with Crippen molar-refractivity contribution < 1.29 is 14.6 Å². The molecule has 1 aliphatic heterocycles. The van der Waals surface area contributed by atoms with Crippen molar-refractivity contribution in [2.24, 2.45) is 0 Å². The molecule has 0 aliphatic carbocycles. The average molecular weight is 344 g/mol. The number of nitrogens with zero attached hydrogens (tertiary/aromatic N) is 4. The van der Waals surface area contributed by atoms with Gasteiger partial charge in [0.15, 0.2) is 5.82 Å². The molecule has 1 fully saturated rings. The molecule has 3 rings (SSSR count). The summed E-state index contributed by atoms with van der Waals surface area (Å²) in [4.78, 5) is 15.2. The van der Waals surface area contributed by atoms with Gasteiger partial charge in [0.2, 0.25) is 5.69 Å². The van der Waals surface area contributed by atoms with E-state index < -0.39 is 5.97 Å². The topological polar surface area (TPSA) is 80.5 Å². The van der Waals surface area contributed by atoms with Crippen LogP contribution in [0, 0.1) is 0 Å². The summed E-state index contributed by atoms with van der Waals surface area (Å²) in [6.45, 7) is 5.35. The van der Waals surface area contributed by atoms with Crippen LogP contribution in [0.2, 0.25) is 0 Å². The monoisotopic (exact) mass is 344 g/mol. The normalized spacial score (nSPS) is 17.5. The molecular weight excluding hydrogens is 320 g/mol. The van der Waals surface area contributed by atoms with Gasteiger partial charge in [0.25, 0.3) is 0 Å². The van der Waals surface area contributed by atoms with E-state index in [0.717, 1.165) is 25.8 Å². The highest BCUT2D eigenvalue weighted by molar-refractivity contribution is 5.91. The Morgan fingerprint density at radius 3 is 2.80 bits per heavy atom. The minimum absolute atomic E-state index is 0.00773. The highest BCUT2D eigenvalue weighted by atomic mass is 16.5. The number of ether oxygens (including phenoxy) is 1. The second-order valence-corrected chi connectivity index (χ2v) is 6.12. The lowest BCUT2D eigenvalue weighted by molar-refractivity contribution is 0.0690. The summed E-state index contributed by atoms with van der Waals surface area (Å²) >= 11 is 0. The zero-order valence-electron chi connectivity index (χ0n) is 14.7. The van der Waals surface area contributed by atoms with Gasteiger partial charge in [-0.3, -0.25) is 0 Å². The van der Waals surface area contributed by atoms with Crippen molar-refractivity contribution in [1.29, 1.82) is 0 Å². The molecule has 1 aromatic heterocycles. The molecule has 1 N–H and O–H groups in total. The maximum atomic E-state index is 11.7. The molecule has 0 spiro atoms. The number of rotatable bonds is 6. The minimum atomic E-state index is -1.06. The molecule has 7 nitrogen and oxygen atoms in total. The number of para-hydroxylation sites is 2. The van der Waals surface area contributed by atoms with E-state index in [1.54, 1.807) is 0 Å². The summed E-state index contributed by atoms with van der Waals surface area (Å²) in [5, 5.41) is 18.4. The Morgan fingerprint density at radius 2 is 2.08 bits per heavy atom. The molecule has 0 bridgehead atoms. The van der Waals surface area contributed by atoms with E-state index in [1.807, 2.05) is 31.2 Å². The van der Waals surface area contributed by atoms with Crippen molar-refractivity contribution in [3.05, 3.63) is 30.0 Å². The molecule has 0 saturated carbocycles. The largest absolute Gasteiger partial charge is 0.492 e. The smallest absolute Gasteiger partial charge is 0.360 e. The molecule has 25 heavy (non-hydrogen) atoms. The third-order valence-electron chi connectivity index (χ3n) is 4.55. The standard InChI is InChI=1S/C18H24N4O3/c1-3-13-9-7-8-12-21(13)17-16(18(23)24)19-22(20-17)14-10-5-6-11-15(14)25-4-2/h5-6,10-11,13H,3-4,7-9,12H2,1-2H3,(H,23,24). The van der Waals surface area contributed by atoms with Gasteiger partial charge in [-0.25, -0.2) is 4.79 Å². The predicted molar refractivity (Wildman–Crippen MR) is 94.8 cm³/mol. The Kier molecular flexibility index (Phi) is 5.21. The first-order valence-corrected chi connectivity index (χ1v) is 8.85. The number of aromatic carboxylic acids is 1. The predicted octanol–water partition coefficient (Wildman–Crippen LogP) is 3.13. The van der Waals surface area contributed by atoms with Crippen LogP contribution in [0.1, 0.15) is 50.0 Å². The molecule has 7 heteroatoms. The molecule has 2 aromatic rings. The van der Waals surface area contributed by atoms with E-state index in [1.165, 1.54) is 11.2 Å². The zero-order valence-corrected chi connectivity index (χ0v) is 14.7. The number of carboxylic acid groups (broad SMARTS) is 1. The quantitative estimate of drug-likeness (QED) is 0.867. The summed E-state index contributed by atoms with van der Waals surface area (Å²) in [6.07, 6.45) is 4.22. The summed E-state index contributed by atoms with van der Waals surface area (Å²) < 4.78 is 5.63. The van der Waals surface area contributed by atoms with Crippen molar-refractivity contribution in [1.82, 2.24) is 15.0 Å². The fourth-order valence-corrected chi connectivity index (χ4v) is 3.34. The average Bonchev–Trinajstić information content (AvgIpc) is 3.08. The maximum absolute atomic E-state index is 11.7. The molecule has 1 saturated heterocycles. The lowest BCUT2D eigenvalue weighted by atomic mass is 10.00. The van der Waals surface area contributed by atoms with E-state index in [0.29, 0.717) is 29.9 Å². The van der Waals surface area contributed by atoms with E-state index in [2.05, 4.69) is 22.0 Å². The Morgan fingerprint density at radius 1 is 1.28 bits per heavy atom. The van der Waals surface area contributed by atoms with Gasteiger partial charge in [-0.1, -0.05) is 19.1 Å². The fourth-order valence-electron chi connectivity index (χ4n) is 3.34. The Bertz CT molecular complexity index is 744. The third kappa shape index (κ3) is 3.45. The molecule has 1 atom stereocenters. The van der Waals surface area contributed by atoms with Crippen LogP contribution < -0.4 is 9.64 Å².